The number of anilines is 1. The van der Waals surface area contributed by atoms with Gasteiger partial charge in [-0.2, -0.15) is 0 Å². The van der Waals surface area contributed by atoms with Crippen molar-refractivity contribution in [2.75, 3.05) is 25.1 Å². The van der Waals surface area contributed by atoms with Gasteiger partial charge in [-0.1, -0.05) is 12.1 Å². The first-order chi connectivity index (χ1) is 13.9. The molecule has 1 heterocycles. The Morgan fingerprint density at radius 2 is 1.83 bits per heavy atom. The summed E-state index contributed by atoms with van der Waals surface area (Å²) in [5.74, 6) is -0.685. The lowest BCUT2D eigenvalue weighted by Crippen LogP contribution is -2.31. The maximum atomic E-state index is 12.3. The molecule has 152 valence electrons. The van der Waals surface area contributed by atoms with E-state index >= 15 is 0 Å². The molecule has 0 saturated carbocycles. The van der Waals surface area contributed by atoms with Crippen LogP contribution in [-0.4, -0.2) is 43.7 Å². The topological polar surface area (TPSA) is 126 Å². The molecule has 9 nitrogen and oxygen atoms in total. The van der Waals surface area contributed by atoms with Gasteiger partial charge in [-0.15, -0.1) is 0 Å². The summed E-state index contributed by atoms with van der Waals surface area (Å²) in [4.78, 5) is 35.6. The van der Waals surface area contributed by atoms with Gasteiger partial charge in [0.05, 0.1) is 5.56 Å². The molecule has 0 fully saturated rings. The lowest BCUT2D eigenvalue weighted by Gasteiger charge is -2.19. The Labute approximate surface area is 166 Å². The number of rotatable bonds is 7. The number of nitrogens with two attached hydrogens (primary N) is 1. The zero-order chi connectivity index (χ0) is 20.8. The van der Waals surface area contributed by atoms with E-state index in [4.69, 9.17) is 24.7 Å². The van der Waals surface area contributed by atoms with Crippen LogP contribution in [0.5, 0.6) is 17.2 Å². The summed E-state index contributed by atoms with van der Waals surface area (Å²) in [6, 6.07) is 11.2. The van der Waals surface area contributed by atoms with E-state index in [9.17, 15) is 14.4 Å². The number of amides is 2. The van der Waals surface area contributed by atoms with Crippen LogP contribution in [0.25, 0.3) is 0 Å². The molecule has 0 radical (unpaired) electrons. The van der Waals surface area contributed by atoms with Gasteiger partial charge in [0.15, 0.2) is 24.2 Å². The summed E-state index contributed by atoms with van der Waals surface area (Å²) in [5, 5.41) is 2.64. The van der Waals surface area contributed by atoms with Crippen LogP contribution in [0.2, 0.25) is 0 Å². The standard InChI is InChI=1S/C20H20N2O7/c1-12(20(25)22-13-6-7-16-17(10-13)27-9-8-26-16)29-18(23)11-28-15-5-3-2-4-14(15)19(21)24/h2-7,10,12H,8-9,11H2,1H3,(H2,21,24)(H,22,25)/t12-/m0/s1. The number of primary amides is 1. The smallest absolute Gasteiger partial charge is 0.344 e. The van der Waals surface area contributed by atoms with Gasteiger partial charge < -0.3 is 30.0 Å². The fourth-order valence-electron chi connectivity index (χ4n) is 2.58. The Balaban J connectivity index is 1.52. The van der Waals surface area contributed by atoms with Crippen LogP contribution in [0.3, 0.4) is 0 Å². The molecule has 0 bridgehead atoms. The average Bonchev–Trinajstić information content (AvgIpc) is 2.72. The summed E-state index contributed by atoms with van der Waals surface area (Å²) < 4.78 is 21.2. The third-order valence-electron chi connectivity index (χ3n) is 3.99. The van der Waals surface area contributed by atoms with Crippen molar-refractivity contribution in [1.82, 2.24) is 0 Å². The summed E-state index contributed by atoms with van der Waals surface area (Å²) in [5.41, 5.74) is 5.88. The Morgan fingerprint density at radius 3 is 2.59 bits per heavy atom. The number of carbonyl (C=O) groups excluding carboxylic acids is 3. The second-order valence-electron chi connectivity index (χ2n) is 6.13. The van der Waals surface area contributed by atoms with E-state index in [1.807, 2.05) is 0 Å². The van der Waals surface area contributed by atoms with Crippen LogP contribution in [0.15, 0.2) is 42.5 Å². The number of carbonyl (C=O) groups is 3. The van der Waals surface area contributed by atoms with Crippen molar-refractivity contribution >= 4 is 23.5 Å². The lowest BCUT2D eigenvalue weighted by atomic mass is 10.2. The SMILES string of the molecule is C[C@H](OC(=O)COc1ccccc1C(N)=O)C(=O)Nc1ccc2c(c1)OCCO2. The number of hydrogen-bond donors (Lipinski definition) is 2. The first-order valence-electron chi connectivity index (χ1n) is 8.85. The molecule has 0 saturated heterocycles. The van der Waals surface area contributed by atoms with Crippen molar-refractivity contribution < 1.29 is 33.3 Å². The number of para-hydroxylation sites is 1. The van der Waals surface area contributed by atoms with Crippen molar-refractivity contribution in [3.63, 3.8) is 0 Å². The van der Waals surface area contributed by atoms with Crippen molar-refractivity contribution in [2.45, 2.75) is 13.0 Å². The molecule has 2 aromatic carbocycles. The zero-order valence-electron chi connectivity index (χ0n) is 15.7. The van der Waals surface area contributed by atoms with Gasteiger partial charge in [0.2, 0.25) is 0 Å². The Bertz CT molecular complexity index is 929. The fourth-order valence-corrected chi connectivity index (χ4v) is 2.58. The van der Waals surface area contributed by atoms with Crippen molar-refractivity contribution in [3.8, 4) is 17.2 Å². The Kier molecular flexibility index (Phi) is 6.18. The van der Waals surface area contributed by atoms with Crippen LogP contribution >= 0.6 is 0 Å². The first-order valence-corrected chi connectivity index (χ1v) is 8.85. The number of nitrogens with one attached hydrogen (secondary N) is 1. The van der Waals surface area contributed by atoms with E-state index in [0.717, 1.165) is 0 Å². The largest absolute Gasteiger partial charge is 0.486 e. The highest BCUT2D eigenvalue weighted by atomic mass is 16.6. The van der Waals surface area contributed by atoms with E-state index in [0.29, 0.717) is 30.4 Å². The molecule has 29 heavy (non-hydrogen) atoms. The number of esters is 1. The maximum absolute atomic E-state index is 12.3. The van der Waals surface area contributed by atoms with Gasteiger partial charge in [-0.25, -0.2) is 4.79 Å². The van der Waals surface area contributed by atoms with Crippen LogP contribution in [0.4, 0.5) is 5.69 Å². The molecular formula is C20H20N2O7. The van der Waals surface area contributed by atoms with E-state index < -0.39 is 30.5 Å². The molecule has 0 spiro atoms. The lowest BCUT2D eigenvalue weighted by molar-refractivity contribution is -0.155. The number of fused-ring (bicyclic) bond motifs is 1. The summed E-state index contributed by atoms with van der Waals surface area (Å²) in [6.45, 7) is 1.85. The molecule has 1 atom stereocenters. The Hall–Kier alpha value is -3.75. The molecular weight excluding hydrogens is 380 g/mol. The average molecular weight is 400 g/mol. The van der Waals surface area contributed by atoms with Crippen molar-refractivity contribution in [3.05, 3.63) is 48.0 Å². The number of ether oxygens (including phenoxy) is 4. The molecule has 0 aromatic heterocycles. The van der Waals surface area contributed by atoms with Crippen LogP contribution in [-0.2, 0) is 14.3 Å². The number of benzene rings is 2. The highest BCUT2D eigenvalue weighted by Gasteiger charge is 2.20. The van der Waals surface area contributed by atoms with Gasteiger partial charge in [-0.05, 0) is 31.2 Å². The monoisotopic (exact) mass is 400 g/mol. The zero-order valence-corrected chi connectivity index (χ0v) is 15.7. The first kappa shape index (κ1) is 20.0. The molecule has 0 aliphatic carbocycles. The van der Waals surface area contributed by atoms with Crippen molar-refractivity contribution in [1.29, 1.82) is 0 Å². The summed E-state index contributed by atoms with van der Waals surface area (Å²) >= 11 is 0. The summed E-state index contributed by atoms with van der Waals surface area (Å²) in [7, 11) is 0. The van der Waals surface area contributed by atoms with Gasteiger partial charge >= 0.3 is 5.97 Å². The minimum Gasteiger partial charge on any atom is -0.486 e. The third-order valence-corrected chi connectivity index (χ3v) is 3.99. The van der Waals surface area contributed by atoms with E-state index in [2.05, 4.69) is 5.32 Å². The van der Waals surface area contributed by atoms with Gasteiger partial charge in [0.1, 0.15) is 19.0 Å². The molecule has 1 aliphatic rings. The van der Waals surface area contributed by atoms with Crippen LogP contribution in [0.1, 0.15) is 17.3 Å². The molecule has 1 aliphatic heterocycles. The van der Waals surface area contributed by atoms with Crippen molar-refractivity contribution in [2.24, 2.45) is 5.73 Å². The molecule has 2 aromatic rings. The van der Waals surface area contributed by atoms with E-state index in [-0.39, 0.29) is 11.3 Å². The molecule has 9 heteroatoms. The highest BCUT2D eigenvalue weighted by molar-refractivity contribution is 5.96. The van der Waals surface area contributed by atoms with E-state index in [1.54, 1.807) is 30.3 Å². The Morgan fingerprint density at radius 1 is 1.10 bits per heavy atom. The normalized spacial score (nSPS) is 13.1. The fraction of sp³-hybridized carbons (Fsp3) is 0.250. The highest BCUT2D eigenvalue weighted by Crippen LogP contribution is 2.32. The minimum absolute atomic E-state index is 0.143. The molecule has 3 N–H and O–H groups in total. The number of hydrogen-bond acceptors (Lipinski definition) is 7. The minimum atomic E-state index is -1.06. The van der Waals surface area contributed by atoms with Crippen LogP contribution < -0.4 is 25.3 Å². The predicted molar refractivity (Wildman–Crippen MR) is 102 cm³/mol. The van der Waals surface area contributed by atoms with Crippen LogP contribution in [0, 0.1) is 0 Å². The van der Waals surface area contributed by atoms with E-state index in [1.165, 1.54) is 19.1 Å². The predicted octanol–water partition coefficient (Wildman–Crippen LogP) is 1.51. The molecule has 3 rings (SSSR count). The second kappa shape index (κ2) is 8.96. The maximum Gasteiger partial charge on any atom is 0.344 e. The second-order valence-corrected chi connectivity index (χ2v) is 6.13. The van der Waals surface area contributed by atoms with Gasteiger partial charge in [-0.3, -0.25) is 9.59 Å². The third kappa shape index (κ3) is 5.16. The molecule has 2 amide bonds. The quantitative estimate of drug-likeness (QED) is 0.675. The molecule has 0 unspecified atom stereocenters. The van der Waals surface area contributed by atoms with Gasteiger partial charge in [0, 0.05) is 11.8 Å². The van der Waals surface area contributed by atoms with Gasteiger partial charge in [0.25, 0.3) is 11.8 Å². The summed E-state index contributed by atoms with van der Waals surface area (Å²) in [6.07, 6.45) is -1.06.